The molecule has 0 atom stereocenters. The first-order chi connectivity index (χ1) is 10.0. The van der Waals surface area contributed by atoms with Gasteiger partial charge in [-0.3, -0.25) is 0 Å². The van der Waals surface area contributed by atoms with Crippen LogP contribution in [0.2, 0.25) is 5.02 Å². The van der Waals surface area contributed by atoms with Gasteiger partial charge in [0.2, 0.25) is 10.0 Å². The molecule has 2 aliphatic carbocycles. The first-order valence-corrected chi connectivity index (χ1v) is 9.26. The van der Waals surface area contributed by atoms with Crippen LogP contribution in [0.4, 0.5) is 0 Å². The zero-order chi connectivity index (χ0) is 15.0. The highest BCUT2D eigenvalue weighted by Crippen LogP contribution is 2.48. The molecule has 1 aromatic rings. The molecule has 2 fully saturated rings. The third kappa shape index (κ3) is 3.59. The third-order valence-corrected chi connectivity index (χ3v) is 6.25. The second-order valence-corrected chi connectivity index (χ2v) is 8.28. The van der Waals surface area contributed by atoms with Crippen molar-refractivity contribution in [3.63, 3.8) is 0 Å². The van der Waals surface area contributed by atoms with Gasteiger partial charge in [0.15, 0.2) is 0 Å². The lowest BCUT2D eigenvalue weighted by atomic mass is 9.99. The second-order valence-electron chi connectivity index (χ2n) is 6.10. The maximum Gasteiger partial charge on any atom is 0.240 e. The van der Waals surface area contributed by atoms with Crippen LogP contribution in [0.3, 0.4) is 0 Å². The third-order valence-electron chi connectivity index (χ3n) is 4.46. The summed E-state index contributed by atoms with van der Waals surface area (Å²) in [5.41, 5.74) is 0.431. The van der Waals surface area contributed by atoms with Gasteiger partial charge < -0.3 is 5.11 Å². The van der Waals surface area contributed by atoms with E-state index in [4.69, 9.17) is 11.6 Å². The van der Waals surface area contributed by atoms with Gasteiger partial charge in [-0.25, -0.2) is 13.1 Å². The molecule has 3 rings (SSSR count). The van der Waals surface area contributed by atoms with Gasteiger partial charge in [-0.05, 0) is 67.2 Å². The molecule has 0 saturated heterocycles. The lowest BCUT2D eigenvalue weighted by Gasteiger charge is -2.16. The number of hydrogen-bond donors (Lipinski definition) is 2. The molecule has 0 aromatic heterocycles. The van der Waals surface area contributed by atoms with Crippen LogP contribution in [0, 0.1) is 17.8 Å². The second kappa shape index (κ2) is 5.88. The number of nitrogens with one attached hydrogen (secondary N) is 1. The predicted molar refractivity (Wildman–Crippen MR) is 81.5 cm³/mol. The van der Waals surface area contributed by atoms with Crippen LogP contribution >= 0.6 is 11.6 Å². The summed E-state index contributed by atoms with van der Waals surface area (Å²) in [4.78, 5) is 0.168. The van der Waals surface area contributed by atoms with E-state index in [9.17, 15) is 13.5 Å². The Morgan fingerprint density at radius 1 is 1.24 bits per heavy atom. The van der Waals surface area contributed by atoms with E-state index in [0.717, 1.165) is 0 Å². The van der Waals surface area contributed by atoms with Gasteiger partial charge in [-0.2, -0.15) is 0 Å². The maximum absolute atomic E-state index is 12.4. The summed E-state index contributed by atoms with van der Waals surface area (Å²) in [6, 6.07) is 4.43. The number of aliphatic hydroxyl groups is 1. The van der Waals surface area contributed by atoms with Crippen molar-refractivity contribution in [3.8, 4) is 0 Å². The molecule has 0 radical (unpaired) electrons. The van der Waals surface area contributed by atoms with Crippen LogP contribution in [-0.2, 0) is 16.6 Å². The SMILES string of the molecule is O=S(=O)(NCC(C1CC1)C1CC1)c1ccc(Cl)c(CO)c1. The van der Waals surface area contributed by atoms with Crippen LogP contribution < -0.4 is 4.72 Å². The monoisotopic (exact) mass is 329 g/mol. The molecule has 2 N–H and O–H groups in total. The molecule has 0 bridgehead atoms. The van der Waals surface area contributed by atoms with E-state index in [1.54, 1.807) is 0 Å². The normalized spacial score (nSPS) is 19.2. The molecule has 6 heteroatoms. The van der Waals surface area contributed by atoms with Crippen molar-refractivity contribution in [2.24, 2.45) is 17.8 Å². The molecular weight excluding hydrogens is 310 g/mol. The zero-order valence-electron chi connectivity index (χ0n) is 11.8. The Bertz CT molecular complexity index is 612. The van der Waals surface area contributed by atoms with Crippen molar-refractivity contribution in [2.45, 2.75) is 37.2 Å². The summed E-state index contributed by atoms with van der Waals surface area (Å²) in [6.07, 6.45) is 4.94. The summed E-state index contributed by atoms with van der Waals surface area (Å²) in [5.74, 6) is 1.90. The Morgan fingerprint density at radius 2 is 1.86 bits per heavy atom. The molecule has 21 heavy (non-hydrogen) atoms. The van der Waals surface area contributed by atoms with Crippen molar-refractivity contribution >= 4 is 21.6 Å². The van der Waals surface area contributed by atoms with E-state index in [1.165, 1.54) is 43.9 Å². The van der Waals surface area contributed by atoms with Gasteiger partial charge in [0.05, 0.1) is 11.5 Å². The lowest BCUT2D eigenvalue weighted by Crippen LogP contribution is -2.31. The van der Waals surface area contributed by atoms with Gasteiger partial charge in [0, 0.05) is 11.6 Å². The van der Waals surface area contributed by atoms with E-state index in [1.807, 2.05) is 0 Å². The largest absolute Gasteiger partial charge is 0.392 e. The van der Waals surface area contributed by atoms with E-state index in [2.05, 4.69) is 4.72 Å². The number of hydrogen-bond acceptors (Lipinski definition) is 3. The molecular formula is C15H20ClNO3S. The predicted octanol–water partition coefficient (Wildman–Crippen LogP) is 2.55. The number of rotatable bonds is 7. The van der Waals surface area contributed by atoms with Gasteiger partial charge in [0.25, 0.3) is 0 Å². The smallest absolute Gasteiger partial charge is 0.240 e. The fourth-order valence-corrected chi connectivity index (χ4v) is 4.20. The fourth-order valence-electron chi connectivity index (χ4n) is 2.90. The Labute approximate surface area is 130 Å². The lowest BCUT2D eigenvalue weighted by molar-refractivity contribution is 0.281. The Kier molecular flexibility index (Phi) is 4.28. The molecule has 0 unspecified atom stereocenters. The van der Waals surface area contributed by atoms with Crippen molar-refractivity contribution in [1.82, 2.24) is 4.72 Å². The molecule has 0 heterocycles. The Morgan fingerprint density at radius 3 is 2.38 bits per heavy atom. The molecule has 0 spiro atoms. The van der Waals surface area contributed by atoms with Crippen molar-refractivity contribution in [1.29, 1.82) is 0 Å². The van der Waals surface area contributed by atoms with Gasteiger partial charge >= 0.3 is 0 Å². The maximum atomic E-state index is 12.4. The number of halogens is 1. The quantitative estimate of drug-likeness (QED) is 0.808. The van der Waals surface area contributed by atoms with Crippen LogP contribution in [0.15, 0.2) is 23.1 Å². The molecule has 4 nitrogen and oxygen atoms in total. The number of aliphatic hydroxyl groups excluding tert-OH is 1. The molecule has 2 saturated carbocycles. The highest BCUT2D eigenvalue weighted by atomic mass is 35.5. The van der Waals surface area contributed by atoms with Crippen LogP contribution in [0.1, 0.15) is 31.2 Å². The minimum Gasteiger partial charge on any atom is -0.392 e. The number of benzene rings is 1. The highest BCUT2D eigenvalue weighted by molar-refractivity contribution is 7.89. The van der Waals surface area contributed by atoms with Crippen molar-refractivity contribution in [2.75, 3.05) is 6.54 Å². The molecule has 2 aliphatic rings. The van der Waals surface area contributed by atoms with Crippen LogP contribution in [0.5, 0.6) is 0 Å². The summed E-state index contributed by atoms with van der Waals surface area (Å²) in [5, 5.41) is 9.57. The summed E-state index contributed by atoms with van der Waals surface area (Å²) >= 11 is 5.90. The van der Waals surface area contributed by atoms with Crippen molar-refractivity contribution in [3.05, 3.63) is 28.8 Å². The van der Waals surface area contributed by atoms with Crippen molar-refractivity contribution < 1.29 is 13.5 Å². The standard InChI is InChI=1S/C15H20ClNO3S/c16-15-6-5-13(7-12(15)9-18)21(19,20)17-8-14(10-1-2-10)11-3-4-11/h5-7,10-11,14,17-18H,1-4,8-9H2. The van der Waals surface area contributed by atoms with E-state index in [-0.39, 0.29) is 11.5 Å². The minimum absolute atomic E-state index is 0.168. The summed E-state index contributed by atoms with van der Waals surface area (Å²) < 4.78 is 27.5. The highest BCUT2D eigenvalue weighted by Gasteiger charge is 2.41. The summed E-state index contributed by atoms with van der Waals surface area (Å²) in [6.45, 7) is 0.254. The Balaban J connectivity index is 1.70. The topological polar surface area (TPSA) is 66.4 Å². The first kappa shape index (κ1) is 15.3. The first-order valence-electron chi connectivity index (χ1n) is 7.40. The van der Waals surface area contributed by atoms with Crippen LogP contribution in [0.25, 0.3) is 0 Å². The van der Waals surface area contributed by atoms with E-state index >= 15 is 0 Å². The Hall–Kier alpha value is -0.620. The average molecular weight is 330 g/mol. The fraction of sp³-hybridized carbons (Fsp3) is 0.600. The molecule has 0 aliphatic heterocycles. The van der Waals surface area contributed by atoms with Gasteiger partial charge in [-0.1, -0.05) is 11.6 Å². The number of sulfonamides is 1. The minimum atomic E-state index is -3.54. The average Bonchev–Trinajstić information content (AvgIpc) is 3.33. The van der Waals surface area contributed by atoms with E-state index in [0.29, 0.717) is 34.9 Å². The molecule has 116 valence electrons. The van der Waals surface area contributed by atoms with Crippen LogP contribution in [-0.4, -0.2) is 20.1 Å². The van der Waals surface area contributed by atoms with Gasteiger partial charge in [-0.15, -0.1) is 0 Å². The van der Waals surface area contributed by atoms with Gasteiger partial charge in [0.1, 0.15) is 0 Å². The summed E-state index contributed by atoms with van der Waals surface area (Å²) in [7, 11) is -3.54. The zero-order valence-corrected chi connectivity index (χ0v) is 13.3. The van der Waals surface area contributed by atoms with E-state index < -0.39 is 10.0 Å². The molecule has 0 amide bonds. The molecule has 1 aromatic carbocycles.